The molecule has 0 bridgehead atoms. The van der Waals surface area contributed by atoms with Crippen LogP contribution in [0, 0.1) is 0 Å². The molecule has 3 amide bonds. The third-order valence-electron chi connectivity index (χ3n) is 6.82. The normalized spacial score (nSPS) is 14.8. The van der Waals surface area contributed by atoms with Crippen molar-refractivity contribution < 1.29 is 24.2 Å². The van der Waals surface area contributed by atoms with Gasteiger partial charge >= 0.3 is 0 Å². The van der Waals surface area contributed by atoms with Gasteiger partial charge in [0.2, 0.25) is 0 Å². The van der Waals surface area contributed by atoms with Crippen LogP contribution in [0.5, 0.6) is 5.75 Å². The Morgan fingerprint density at radius 1 is 0.977 bits per heavy atom. The molecule has 1 atom stereocenters. The molecule has 3 heterocycles. The topological polar surface area (TPSA) is 129 Å². The van der Waals surface area contributed by atoms with Crippen molar-refractivity contribution in [3.63, 3.8) is 0 Å². The van der Waals surface area contributed by atoms with Gasteiger partial charge in [-0.05, 0) is 67.3 Å². The average Bonchev–Trinajstić information content (AvgIpc) is 3.80. The molecule has 43 heavy (non-hydrogen) atoms. The molecular weight excluding hydrogens is 652 g/mol. The molecule has 0 radical (unpaired) electrons. The number of carbonyl (C=O) groups is 3. The molecule has 222 valence electrons. The van der Waals surface area contributed by atoms with Crippen LogP contribution in [0.4, 0.5) is 0 Å². The van der Waals surface area contributed by atoms with Gasteiger partial charge in [-0.15, -0.1) is 22.7 Å². The first-order valence-corrected chi connectivity index (χ1v) is 16.1. The Balaban J connectivity index is 1.11. The quantitative estimate of drug-likeness (QED) is 0.122. The van der Waals surface area contributed by atoms with Gasteiger partial charge in [0, 0.05) is 35.1 Å². The smallest absolute Gasteiger partial charge is 0.281 e. The fraction of sp³-hybridized carbons (Fsp3) is 0.226. The van der Waals surface area contributed by atoms with Gasteiger partial charge in [0.15, 0.2) is 0 Å². The summed E-state index contributed by atoms with van der Waals surface area (Å²) >= 11 is 5.85. The van der Waals surface area contributed by atoms with Crippen LogP contribution in [0.25, 0.3) is 10.4 Å². The molecular formula is C31H29BrN4O5S2. The van der Waals surface area contributed by atoms with Crippen molar-refractivity contribution in [2.24, 2.45) is 5.10 Å². The minimum atomic E-state index is -0.459. The number of amides is 3. The van der Waals surface area contributed by atoms with Gasteiger partial charge in [0.1, 0.15) is 5.75 Å². The third kappa shape index (κ3) is 7.77. The van der Waals surface area contributed by atoms with Gasteiger partial charge in [-0.2, -0.15) is 5.10 Å². The summed E-state index contributed by atoms with van der Waals surface area (Å²) in [4.78, 5) is 39.2. The monoisotopic (exact) mass is 680 g/mol. The summed E-state index contributed by atoms with van der Waals surface area (Å²) in [6, 6.07) is 17.8. The zero-order valence-electron chi connectivity index (χ0n) is 23.2. The number of hydrogen-bond donors (Lipinski definition) is 4. The number of rotatable bonds is 10. The number of nitrogens with one attached hydrogen (secondary N) is 3. The average molecular weight is 682 g/mol. The predicted molar refractivity (Wildman–Crippen MR) is 172 cm³/mol. The number of nitrogens with zero attached hydrogens (tertiary/aromatic N) is 1. The lowest BCUT2D eigenvalue weighted by atomic mass is 10.1. The van der Waals surface area contributed by atoms with E-state index in [9.17, 15) is 19.5 Å². The number of benzene rings is 2. The minimum absolute atomic E-state index is 0.0804. The number of hydrazone groups is 1. The Labute approximate surface area is 265 Å². The second-order valence-corrected chi connectivity index (χ2v) is 12.7. The van der Waals surface area contributed by atoms with E-state index in [1.807, 2.05) is 24.3 Å². The number of halogens is 1. The van der Waals surface area contributed by atoms with Crippen molar-refractivity contribution in [2.45, 2.75) is 32.4 Å². The van der Waals surface area contributed by atoms with Crippen molar-refractivity contribution in [3.05, 3.63) is 97.0 Å². The zero-order valence-corrected chi connectivity index (χ0v) is 26.4. The molecule has 9 nitrogen and oxygen atoms in total. The zero-order chi connectivity index (χ0) is 30.3. The van der Waals surface area contributed by atoms with Gasteiger partial charge < -0.3 is 20.5 Å². The van der Waals surface area contributed by atoms with Gasteiger partial charge in [-0.3, -0.25) is 14.4 Å². The Kier molecular flexibility index (Phi) is 10.0. The molecule has 0 saturated carbocycles. The fourth-order valence-electron chi connectivity index (χ4n) is 4.40. The maximum absolute atomic E-state index is 12.7. The van der Waals surface area contributed by atoms with Crippen molar-refractivity contribution in [1.29, 1.82) is 0 Å². The van der Waals surface area contributed by atoms with Crippen LogP contribution >= 0.6 is 38.6 Å². The van der Waals surface area contributed by atoms with E-state index in [2.05, 4.69) is 37.1 Å². The maximum Gasteiger partial charge on any atom is 0.281 e. The van der Waals surface area contributed by atoms with E-state index in [4.69, 9.17) is 4.74 Å². The maximum atomic E-state index is 12.7. The van der Waals surface area contributed by atoms with Gasteiger partial charge in [-0.1, -0.05) is 40.2 Å². The lowest BCUT2D eigenvalue weighted by molar-refractivity contribution is 0.0857. The van der Waals surface area contributed by atoms with E-state index in [-0.39, 0.29) is 30.2 Å². The molecule has 1 unspecified atom stereocenters. The fourth-order valence-corrected chi connectivity index (χ4v) is 6.49. The summed E-state index contributed by atoms with van der Waals surface area (Å²) in [5.74, 6) is -0.830. The molecule has 4 aromatic rings. The molecule has 1 fully saturated rings. The highest BCUT2D eigenvalue weighted by atomic mass is 79.9. The van der Waals surface area contributed by atoms with Crippen LogP contribution in [-0.2, 0) is 11.3 Å². The van der Waals surface area contributed by atoms with Crippen molar-refractivity contribution in [1.82, 2.24) is 16.1 Å². The summed E-state index contributed by atoms with van der Waals surface area (Å²) in [6.07, 6.45) is 2.06. The van der Waals surface area contributed by atoms with E-state index in [0.717, 1.165) is 46.4 Å². The number of thiophene rings is 2. The largest absolute Gasteiger partial charge is 0.506 e. The lowest BCUT2D eigenvalue weighted by Gasteiger charge is -2.11. The second kappa shape index (κ2) is 14.1. The summed E-state index contributed by atoms with van der Waals surface area (Å²) in [5.41, 5.74) is 5.74. The van der Waals surface area contributed by atoms with Crippen molar-refractivity contribution >= 4 is 62.0 Å². The minimum Gasteiger partial charge on any atom is -0.506 e. The molecule has 0 aliphatic carbocycles. The summed E-state index contributed by atoms with van der Waals surface area (Å²) in [6.45, 7) is 3.21. The molecule has 1 saturated heterocycles. The molecule has 0 spiro atoms. The number of carbonyl (C=O) groups excluding carboxylic acids is 3. The van der Waals surface area contributed by atoms with Crippen LogP contribution in [0.15, 0.2) is 75.6 Å². The van der Waals surface area contributed by atoms with Crippen LogP contribution in [-0.4, -0.2) is 47.8 Å². The van der Waals surface area contributed by atoms with Crippen LogP contribution in [0.1, 0.15) is 60.6 Å². The number of hydrogen-bond acceptors (Lipinski definition) is 8. The first-order chi connectivity index (χ1) is 20.8. The lowest BCUT2D eigenvalue weighted by Crippen LogP contribution is -2.31. The molecule has 1 aliphatic heterocycles. The standard InChI is InChI=1S/C31H29BrN4O5S2/c1-18(24-17-42-28(27(24)37)20-8-10-22(32)11-9-20)35-36-31(40)26-13-12-25(43-26)30(39)33-15-19-4-6-21(7-5-19)29(38)34-16-23-3-2-14-41-23/h4-13,17,23,37H,2-3,14-16H2,1H3,(H,33,39)(H,34,38)(H,36,40)/b35-18+. The van der Waals surface area contributed by atoms with E-state index >= 15 is 0 Å². The van der Waals surface area contributed by atoms with Crippen LogP contribution < -0.4 is 16.1 Å². The van der Waals surface area contributed by atoms with E-state index in [1.54, 1.807) is 48.7 Å². The van der Waals surface area contributed by atoms with E-state index in [0.29, 0.717) is 38.0 Å². The Morgan fingerprint density at radius 3 is 2.40 bits per heavy atom. The molecule has 2 aromatic heterocycles. The highest BCUT2D eigenvalue weighted by Crippen LogP contribution is 2.39. The molecule has 1 aliphatic rings. The van der Waals surface area contributed by atoms with Crippen LogP contribution in [0.3, 0.4) is 0 Å². The molecule has 12 heteroatoms. The third-order valence-corrected chi connectivity index (χ3v) is 9.45. The van der Waals surface area contributed by atoms with Crippen molar-refractivity contribution in [2.75, 3.05) is 13.2 Å². The van der Waals surface area contributed by atoms with Gasteiger partial charge in [0.05, 0.1) is 32.0 Å². The summed E-state index contributed by atoms with van der Waals surface area (Å²) in [5, 5.41) is 22.4. The van der Waals surface area contributed by atoms with Gasteiger partial charge in [-0.25, -0.2) is 5.43 Å². The van der Waals surface area contributed by atoms with E-state index < -0.39 is 5.91 Å². The highest BCUT2D eigenvalue weighted by molar-refractivity contribution is 9.10. The Morgan fingerprint density at radius 2 is 1.70 bits per heavy atom. The first-order valence-electron chi connectivity index (χ1n) is 13.6. The van der Waals surface area contributed by atoms with Gasteiger partial charge in [0.25, 0.3) is 17.7 Å². The highest BCUT2D eigenvalue weighted by Gasteiger charge is 2.18. The Hall–Kier alpha value is -3.84. The van der Waals surface area contributed by atoms with E-state index in [1.165, 1.54) is 11.3 Å². The number of ether oxygens (including phenoxy) is 1. The SMILES string of the molecule is C/C(=N\NC(=O)c1ccc(C(=O)NCc2ccc(C(=O)NCC3CCCO3)cc2)s1)c1csc(-c2ccc(Br)cc2)c1O. The summed E-state index contributed by atoms with van der Waals surface area (Å²) < 4.78 is 6.48. The first kappa shape index (κ1) is 30.6. The summed E-state index contributed by atoms with van der Waals surface area (Å²) in [7, 11) is 0. The second-order valence-electron chi connectivity index (χ2n) is 9.86. The predicted octanol–water partition coefficient (Wildman–Crippen LogP) is 5.94. The van der Waals surface area contributed by atoms with Crippen molar-refractivity contribution in [3.8, 4) is 16.2 Å². The number of aromatic hydroxyl groups is 1. The Bertz CT molecular complexity index is 1640. The molecule has 5 rings (SSSR count). The van der Waals surface area contributed by atoms with Crippen LogP contribution in [0.2, 0.25) is 0 Å². The molecule has 4 N–H and O–H groups in total. The molecule has 2 aromatic carbocycles.